The minimum Gasteiger partial charge on any atom is -0.392 e. The zero-order valence-corrected chi connectivity index (χ0v) is 20.7. The summed E-state index contributed by atoms with van der Waals surface area (Å²) in [5.41, 5.74) is 1.09. The van der Waals surface area contributed by atoms with E-state index >= 15 is 0 Å². The third-order valence-corrected chi connectivity index (χ3v) is 9.24. The van der Waals surface area contributed by atoms with Gasteiger partial charge in [0.1, 0.15) is 0 Å². The number of hydrogen-bond donors (Lipinski definition) is 3. The zero-order valence-electron chi connectivity index (χ0n) is 20.7. The van der Waals surface area contributed by atoms with Gasteiger partial charge in [-0.1, -0.05) is 33.6 Å². The Hall–Kier alpha value is -2.39. The molecule has 0 aliphatic heterocycles. The maximum atomic E-state index is 13.0. The maximum absolute atomic E-state index is 13.0. The molecule has 6 nitrogen and oxygen atoms in total. The highest BCUT2D eigenvalue weighted by molar-refractivity contribution is 5.94. The SMILES string of the molecule is C[C@@H]1[C@@H]2[C@@H](O)[C@H]([C@H](C)C(=O)NC3CCCC3)CC[C@]2(C)CC[C@@H]1NC(=O)c1ccc(C#N)cc1. The predicted octanol–water partition coefficient (Wildman–Crippen LogP) is 4.17. The van der Waals surface area contributed by atoms with E-state index in [-0.39, 0.29) is 53.0 Å². The molecular formula is C28H39N3O3. The summed E-state index contributed by atoms with van der Waals surface area (Å²) in [6, 6.07) is 9.01. The summed E-state index contributed by atoms with van der Waals surface area (Å²) in [5, 5.41) is 27.0. The van der Waals surface area contributed by atoms with E-state index in [1.807, 2.05) is 6.92 Å². The highest BCUT2D eigenvalue weighted by Gasteiger charge is 2.54. The standard InChI is InChI=1S/C28H39N3O3/c1-17(26(33)30-21-6-4-5-7-21)22-12-14-28(3)15-13-23(18(2)24(28)25(22)32)31-27(34)20-10-8-19(16-29)9-11-20/h8-11,17-18,21-25,32H,4-7,12-15H2,1-3H3,(H,30,33)(H,31,34)/t17-,18-,22-,23-,24+,25-,28+/m0/s1. The molecule has 0 spiro atoms. The van der Waals surface area contributed by atoms with Gasteiger partial charge in [-0.2, -0.15) is 5.26 Å². The van der Waals surface area contributed by atoms with Crippen LogP contribution in [-0.2, 0) is 4.79 Å². The van der Waals surface area contributed by atoms with Gasteiger partial charge in [0, 0.05) is 23.6 Å². The van der Waals surface area contributed by atoms with Crippen molar-refractivity contribution in [2.45, 2.75) is 90.3 Å². The van der Waals surface area contributed by atoms with Crippen LogP contribution in [0.3, 0.4) is 0 Å². The first-order chi connectivity index (χ1) is 16.2. The molecule has 0 bridgehead atoms. The van der Waals surface area contributed by atoms with Crippen LogP contribution in [0.1, 0.15) is 88.1 Å². The van der Waals surface area contributed by atoms with E-state index < -0.39 is 6.10 Å². The number of nitriles is 1. The van der Waals surface area contributed by atoms with E-state index in [0.717, 1.165) is 38.5 Å². The number of nitrogens with one attached hydrogen (secondary N) is 2. The molecule has 3 aliphatic carbocycles. The fourth-order valence-electron chi connectivity index (χ4n) is 7.04. The van der Waals surface area contributed by atoms with Crippen molar-refractivity contribution in [2.75, 3.05) is 0 Å². The van der Waals surface area contributed by atoms with Gasteiger partial charge < -0.3 is 15.7 Å². The first-order valence-electron chi connectivity index (χ1n) is 13.0. The van der Waals surface area contributed by atoms with E-state index in [9.17, 15) is 14.7 Å². The van der Waals surface area contributed by atoms with E-state index in [1.165, 1.54) is 12.8 Å². The number of nitrogens with zero attached hydrogens (tertiary/aromatic N) is 1. The summed E-state index contributed by atoms with van der Waals surface area (Å²) in [5.74, 6) is -0.211. The van der Waals surface area contributed by atoms with Gasteiger partial charge in [0.25, 0.3) is 5.91 Å². The van der Waals surface area contributed by atoms with Crippen molar-refractivity contribution in [3.8, 4) is 6.07 Å². The molecule has 2 amide bonds. The monoisotopic (exact) mass is 465 g/mol. The number of aliphatic hydroxyl groups excluding tert-OH is 1. The van der Waals surface area contributed by atoms with Crippen molar-refractivity contribution in [1.82, 2.24) is 10.6 Å². The molecule has 0 saturated heterocycles. The lowest BCUT2D eigenvalue weighted by atomic mass is 9.51. The molecule has 184 valence electrons. The quantitative estimate of drug-likeness (QED) is 0.607. The molecule has 4 rings (SSSR count). The summed E-state index contributed by atoms with van der Waals surface area (Å²) in [6.45, 7) is 6.38. The molecule has 34 heavy (non-hydrogen) atoms. The van der Waals surface area contributed by atoms with Gasteiger partial charge in [-0.05, 0) is 86.0 Å². The number of carbonyl (C=O) groups is 2. The average Bonchev–Trinajstić information content (AvgIpc) is 3.33. The molecule has 0 radical (unpaired) electrons. The van der Waals surface area contributed by atoms with Gasteiger partial charge in [-0.25, -0.2) is 0 Å². The summed E-state index contributed by atoms with van der Waals surface area (Å²) in [7, 11) is 0. The third-order valence-electron chi connectivity index (χ3n) is 9.24. The summed E-state index contributed by atoms with van der Waals surface area (Å²) < 4.78 is 0. The molecule has 1 aromatic carbocycles. The number of amides is 2. The van der Waals surface area contributed by atoms with E-state index in [0.29, 0.717) is 11.1 Å². The molecule has 0 aromatic heterocycles. The van der Waals surface area contributed by atoms with Crippen LogP contribution < -0.4 is 10.6 Å². The molecular weight excluding hydrogens is 426 g/mol. The number of aliphatic hydroxyl groups is 1. The molecule has 3 fully saturated rings. The fourth-order valence-corrected chi connectivity index (χ4v) is 7.04. The number of rotatable bonds is 5. The second-order valence-electron chi connectivity index (χ2n) is 11.3. The van der Waals surface area contributed by atoms with Crippen molar-refractivity contribution in [1.29, 1.82) is 5.26 Å². The first-order valence-corrected chi connectivity index (χ1v) is 13.0. The van der Waals surface area contributed by atoms with Crippen LogP contribution in [0.25, 0.3) is 0 Å². The Bertz CT molecular complexity index is 933. The topological polar surface area (TPSA) is 102 Å². The Morgan fingerprint density at radius 2 is 1.74 bits per heavy atom. The smallest absolute Gasteiger partial charge is 0.251 e. The molecule has 1 aromatic rings. The molecule has 3 N–H and O–H groups in total. The highest BCUT2D eigenvalue weighted by atomic mass is 16.3. The first kappa shape index (κ1) is 24.7. The summed E-state index contributed by atoms with van der Waals surface area (Å²) >= 11 is 0. The van der Waals surface area contributed by atoms with Gasteiger partial charge in [-0.3, -0.25) is 9.59 Å². The Morgan fingerprint density at radius 3 is 2.38 bits per heavy atom. The number of benzene rings is 1. The normalized spacial score (nSPS) is 34.5. The van der Waals surface area contributed by atoms with Gasteiger partial charge >= 0.3 is 0 Å². The van der Waals surface area contributed by atoms with Crippen molar-refractivity contribution in [3.63, 3.8) is 0 Å². The van der Waals surface area contributed by atoms with Gasteiger partial charge in [-0.15, -0.1) is 0 Å². The van der Waals surface area contributed by atoms with Gasteiger partial charge in [0.15, 0.2) is 0 Å². The zero-order chi connectivity index (χ0) is 24.5. The Morgan fingerprint density at radius 1 is 1.09 bits per heavy atom. The Labute approximate surface area is 203 Å². The maximum Gasteiger partial charge on any atom is 0.251 e. The second-order valence-corrected chi connectivity index (χ2v) is 11.3. The lowest BCUT2D eigenvalue weighted by Gasteiger charge is -2.56. The largest absolute Gasteiger partial charge is 0.392 e. The Balaban J connectivity index is 1.44. The van der Waals surface area contributed by atoms with Crippen molar-refractivity contribution >= 4 is 11.8 Å². The molecule has 3 aliphatic rings. The average molecular weight is 466 g/mol. The minimum atomic E-state index is -0.562. The second kappa shape index (κ2) is 10.1. The van der Waals surface area contributed by atoms with E-state index in [2.05, 4.69) is 30.6 Å². The minimum absolute atomic E-state index is 0.0205. The molecule has 3 saturated carbocycles. The van der Waals surface area contributed by atoms with Crippen molar-refractivity contribution in [2.24, 2.45) is 29.1 Å². The van der Waals surface area contributed by atoms with Gasteiger partial charge in [0.2, 0.25) is 5.91 Å². The number of carbonyl (C=O) groups excluding carboxylic acids is 2. The van der Waals surface area contributed by atoms with Crippen LogP contribution in [0.4, 0.5) is 0 Å². The summed E-state index contributed by atoms with van der Waals surface area (Å²) in [6.07, 6.45) is 7.61. The lowest BCUT2D eigenvalue weighted by molar-refractivity contribution is -0.142. The molecule has 7 atom stereocenters. The molecule has 0 unspecified atom stereocenters. The van der Waals surface area contributed by atoms with E-state index in [1.54, 1.807) is 24.3 Å². The highest BCUT2D eigenvalue weighted by Crippen LogP contribution is 2.55. The fraction of sp³-hybridized carbons (Fsp3) is 0.679. The Kier molecular flexibility index (Phi) is 7.33. The van der Waals surface area contributed by atoms with Gasteiger partial charge in [0.05, 0.1) is 17.7 Å². The van der Waals surface area contributed by atoms with Crippen LogP contribution in [0.2, 0.25) is 0 Å². The van der Waals surface area contributed by atoms with Crippen molar-refractivity contribution < 1.29 is 14.7 Å². The predicted molar refractivity (Wildman–Crippen MR) is 131 cm³/mol. The van der Waals surface area contributed by atoms with Crippen LogP contribution in [-0.4, -0.2) is 35.1 Å². The molecule has 6 heteroatoms. The number of fused-ring (bicyclic) bond motifs is 1. The van der Waals surface area contributed by atoms with E-state index in [4.69, 9.17) is 5.26 Å². The van der Waals surface area contributed by atoms with Crippen molar-refractivity contribution in [3.05, 3.63) is 35.4 Å². The van der Waals surface area contributed by atoms with Crippen LogP contribution in [0.15, 0.2) is 24.3 Å². The summed E-state index contributed by atoms with van der Waals surface area (Å²) in [4.78, 5) is 25.9. The van der Waals surface area contributed by atoms with Crippen LogP contribution >= 0.6 is 0 Å². The molecule has 0 heterocycles. The van der Waals surface area contributed by atoms with Crippen LogP contribution in [0.5, 0.6) is 0 Å². The third kappa shape index (κ3) is 4.86. The number of hydrogen-bond acceptors (Lipinski definition) is 4. The lowest BCUT2D eigenvalue weighted by Crippen LogP contribution is -2.58. The van der Waals surface area contributed by atoms with Crippen LogP contribution in [0, 0.1) is 40.4 Å².